The summed E-state index contributed by atoms with van der Waals surface area (Å²) in [5, 5.41) is 14.7. The third kappa shape index (κ3) is 5.86. The quantitative estimate of drug-likeness (QED) is 0.499. The number of aryl methyl sites for hydroxylation is 1. The second-order valence-electron chi connectivity index (χ2n) is 9.44. The molecule has 0 bridgehead atoms. The van der Waals surface area contributed by atoms with Crippen LogP contribution in [-0.4, -0.2) is 49.0 Å². The van der Waals surface area contributed by atoms with Crippen LogP contribution < -0.4 is 10.6 Å². The lowest BCUT2D eigenvalue weighted by atomic mass is 9.88. The average molecular weight is 514 g/mol. The van der Waals surface area contributed by atoms with Crippen molar-refractivity contribution in [1.82, 2.24) is 5.32 Å². The third-order valence-corrected chi connectivity index (χ3v) is 7.42. The summed E-state index contributed by atoms with van der Waals surface area (Å²) in [5.41, 5.74) is 2.77. The second kappa shape index (κ2) is 11.4. The summed E-state index contributed by atoms with van der Waals surface area (Å²) in [6.07, 6.45) is 3.39. The minimum absolute atomic E-state index is 0.00562. The van der Waals surface area contributed by atoms with E-state index in [2.05, 4.69) is 16.7 Å². The van der Waals surface area contributed by atoms with Crippen LogP contribution in [0.2, 0.25) is 5.02 Å². The van der Waals surface area contributed by atoms with Crippen molar-refractivity contribution in [1.29, 1.82) is 5.26 Å². The number of hydrogen-bond donors (Lipinski definition) is 2. The fraction of sp³-hybridized carbons (Fsp3) is 0.444. The molecule has 2 heterocycles. The van der Waals surface area contributed by atoms with E-state index < -0.39 is 16.6 Å². The number of halogens is 2. The van der Waals surface area contributed by atoms with Gasteiger partial charge in [-0.1, -0.05) is 35.4 Å². The molecule has 2 aliphatic rings. The fourth-order valence-corrected chi connectivity index (χ4v) is 5.17. The molecule has 7 nitrogen and oxygen atoms in total. The van der Waals surface area contributed by atoms with Gasteiger partial charge in [0, 0.05) is 30.5 Å². The number of nitriles is 1. The Kier molecular flexibility index (Phi) is 8.24. The van der Waals surface area contributed by atoms with E-state index in [0.29, 0.717) is 48.6 Å². The van der Waals surface area contributed by atoms with Crippen LogP contribution in [0.15, 0.2) is 36.4 Å². The van der Waals surface area contributed by atoms with Gasteiger partial charge in [-0.3, -0.25) is 0 Å². The van der Waals surface area contributed by atoms with Gasteiger partial charge in [0.1, 0.15) is 13.1 Å². The zero-order chi connectivity index (χ0) is 25.7. The first kappa shape index (κ1) is 26.1. The monoisotopic (exact) mass is 513 g/mol. The van der Waals surface area contributed by atoms with Crippen LogP contribution in [0.1, 0.15) is 65.6 Å². The molecule has 2 aromatic carbocycles. The highest BCUT2D eigenvalue weighted by atomic mass is 35.5. The van der Waals surface area contributed by atoms with Gasteiger partial charge in [0.2, 0.25) is 0 Å². The SMILES string of the molecule is CCc1cc(Cl)c(NC(=O)NC[C@H]2CCCO2)cc1C(=O)[N+]1(F)CCC(c2ccc(C#N)cc2)CC1. The molecule has 9 heteroatoms. The van der Waals surface area contributed by atoms with E-state index in [1.165, 1.54) is 6.07 Å². The Bertz CT molecular complexity index is 1150. The van der Waals surface area contributed by atoms with Gasteiger partial charge in [0.15, 0.2) is 0 Å². The molecule has 0 radical (unpaired) electrons. The predicted octanol–water partition coefficient (Wildman–Crippen LogP) is 5.49. The molecule has 2 saturated heterocycles. The molecule has 0 saturated carbocycles. The fourth-order valence-electron chi connectivity index (χ4n) is 4.94. The van der Waals surface area contributed by atoms with Crippen LogP contribution >= 0.6 is 11.6 Å². The second-order valence-corrected chi connectivity index (χ2v) is 9.84. The summed E-state index contributed by atoms with van der Waals surface area (Å²) >= 11 is 6.39. The van der Waals surface area contributed by atoms with E-state index in [9.17, 15) is 9.59 Å². The van der Waals surface area contributed by atoms with Crippen LogP contribution in [0.4, 0.5) is 15.0 Å². The maximum absolute atomic E-state index is 16.0. The number of benzene rings is 2. The molecule has 190 valence electrons. The van der Waals surface area contributed by atoms with Crippen molar-refractivity contribution in [2.45, 2.75) is 51.0 Å². The lowest BCUT2D eigenvalue weighted by Gasteiger charge is -2.32. The Balaban J connectivity index is 1.45. The van der Waals surface area contributed by atoms with Crippen molar-refractivity contribution in [3.05, 3.63) is 63.7 Å². The first-order chi connectivity index (χ1) is 17.3. The molecule has 2 aromatic rings. The summed E-state index contributed by atoms with van der Waals surface area (Å²) < 4.78 is 20.3. The highest BCUT2D eigenvalue weighted by Crippen LogP contribution is 2.35. The van der Waals surface area contributed by atoms with Gasteiger partial charge in [-0.05, 0) is 60.6 Å². The number of likely N-dealkylation sites (tertiary alicyclic amines) is 1. The molecule has 2 aliphatic heterocycles. The Hall–Kier alpha value is -2.99. The molecule has 3 amide bonds. The highest BCUT2D eigenvalue weighted by molar-refractivity contribution is 6.34. The van der Waals surface area contributed by atoms with Gasteiger partial charge >= 0.3 is 11.9 Å². The molecule has 4 rings (SSSR count). The number of amides is 3. The number of hydrogen-bond acceptors (Lipinski definition) is 4. The summed E-state index contributed by atoms with van der Waals surface area (Å²) in [4.78, 5) is 25.9. The third-order valence-electron chi connectivity index (χ3n) is 7.11. The van der Waals surface area contributed by atoms with Gasteiger partial charge in [-0.25, -0.2) is 9.59 Å². The molecule has 1 atom stereocenters. The minimum atomic E-state index is -1.19. The van der Waals surface area contributed by atoms with E-state index in [-0.39, 0.29) is 36.4 Å². The van der Waals surface area contributed by atoms with Gasteiger partial charge in [0.25, 0.3) is 0 Å². The van der Waals surface area contributed by atoms with Crippen LogP contribution in [-0.2, 0) is 11.2 Å². The number of anilines is 1. The van der Waals surface area contributed by atoms with Gasteiger partial charge in [0.05, 0.1) is 34.0 Å². The lowest BCUT2D eigenvalue weighted by molar-refractivity contribution is -0.991. The maximum atomic E-state index is 16.0. The zero-order valence-corrected chi connectivity index (χ0v) is 21.1. The Morgan fingerprint density at radius 2 is 1.92 bits per heavy atom. The smallest absolute Gasteiger partial charge is 0.376 e. The standard InChI is InChI=1S/C27H30ClFN4O3/c1-2-19-14-24(28)25(32-27(35)31-17-22-4-3-13-36-22)15-23(19)26(34)33(29)11-9-21(10-12-33)20-7-5-18(16-30)6-8-20/h5-8,14-15,21-22H,2-4,9-13,17H2,1H3,(H-,31,32,35)/p+1/t21?,22-,33?/m1/s1. The predicted molar refractivity (Wildman–Crippen MR) is 135 cm³/mol. The van der Waals surface area contributed by atoms with E-state index in [1.807, 2.05) is 19.1 Å². The first-order valence-corrected chi connectivity index (χ1v) is 12.8. The first-order valence-electron chi connectivity index (χ1n) is 12.4. The van der Waals surface area contributed by atoms with E-state index in [0.717, 1.165) is 18.4 Å². The van der Waals surface area contributed by atoms with Gasteiger partial charge in [-0.15, -0.1) is 0 Å². The van der Waals surface area contributed by atoms with Crippen LogP contribution in [0.5, 0.6) is 0 Å². The number of quaternary nitrogens is 1. The highest BCUT2D eigenvalue weighted by Gasteiger charge is 2.44. The molecule has 0 aliphatic carbocycles. The maximum Gasteiger partial charge on any atom is 0.383 e. The van der Waals surface area contributed by atoms with Crippen molar-refractivity contribution >= 4 is 29.2 Å². The number of nitrogens with zero attached hydrogens (tertiary/aromatic N) is 2. The van der Waals surface area contributed by atoms with Crippen molar-refractivity contribution in [2.75, 3.05) is 31.6 Å². The summed E-state index contributed by atoms with van der Waals surface area (Å²) in [5.74, 6) is -0.488. The molecule has 2 fully saturated rings. The van der Waals surface area contributed by atoms with E-state index in [1.54, 1.807) is 18.2 Å². The number of nitrogens with one attached hydrogen (secondary N) is 2. The molecule has 0 unspecified atom stereocenters. The normalized spacial score (nSPS) is 23.6. The number of carbonyl (C=O) groups is 2. The summed E-state index contributed by atoms with van der Waals surface area (Å²) in [6, 6.07) is 12.1. The number of rotatable bonds is 6. The minimum Gasteiger partial charge on any atom is -0.376 e. The Labute approximate surface area is 215 Å². The Morgan fingerprint density at radius 3 is 2.53 bits per heavy atom. The van der Waals surface area contributed by atoms with Gasteiger partial charge in [-0.2, -0.15) is 5.26 Å². The molecule has 2 N–H and O–H groups in total. The topological polar surface area (TPSA) is 91.2 Å². The van der Waals surface area contributed by atoms with Crippen molar-refractivity contribution in [2.24, 2.45) is 0 Å². The van der Waals surface area contributed by atoms with Crippen molar-refractivity contribution in [3.8, 4) is 6.07 Å². The number of urea groups is 1. The van der Waals surface area contributed by atoms with Crippen molar-refractivity contribution in [3.63, 3.8) is 0 Å². The molecular formula is C27H31ClFN4O3+. The van der Waals surface area contributed by atoms with E-state index >= 15 is 4.48 Å². The van der Waals surface area contributed by atoms with Crippen LogP contribution in [0, 0.1) is 11.3 Å². The van der Waals surface area contributed by atoms with Crippen LogP contribution in [0.3, 0.4) is 0 Å². The van der Waals surface area contributed by atoms with Crippen LogP contribution in [0.25, 0.3) is 0 Å². The number of carbonyl (C=O) groups excluding carboxylic acids is 2. The molecule has 0 aromatic heterocycles. The molecule has 0 spiro atoms. The number of piperidine rings is 1. The Morgan fingerprint density at radius 1 is 1.19 bits per heavy atom. The number of ether oxygens (including phenoxy) is 1. The van der Waals surface area contributed by atoms with E-state index in [4.69, 9.17) is 21.6 Å². The summed E-state index contributed by atoms with van der Waals surface area (Å²) in [7, 11) is 0. The lowest BCUT2D eigenvalue weighted by Crippen LogP contribution is -2.50. The average Bonchev–Trinajstić information content (AvgIpc) is 3.42. The molecule has 36 heavy (non-hydrogen) atoms. The molecular weight excluding hydrogens is 483 g/mol. The van der Waals surface area contributed by atoms with Gasteiger partial charge < -0.3 is 15.4 Å². The summed E-state index contributed by atoms with van der Waals surface area (Å²) in [6.45, 7) is 3.07. The van der Waals surface area contributed by atoms with Crippen molar-refractivity contribution < 1.29 is 23.5 Å². The largest absolute Gasteiger partial charge is 0.383 e. The zero-order valence-electron chi connectivity index (χ0n) is 20.4.